The number of piperazine rings is 1. The van der Waals surface area contributed by atoms with E-state index in [2.05, 4.69) is 14.5 Å². The summed E-state index contributed by atoms with van der Waals surface area (Å²) in [6.07, 6.45) is 1.78. The van der Waals surface area contributed by atoms with Crippen LogP contribution < -0.4 is 0 Å². The van der Waals surface area contributed by atoms with Crippen molar-refractivity contribution < 1.29 is 8.42 Å². The van der Waals surface area contributed by atoms with E-state index in [-0.39, 0.29) is 0 Å². The largest absolute Gasteiger partial charge is 0.293 e. The SMILES string of the molecule is Cc1ccc(C)c(S(=O)(=O)N2CCN(Cc3nc4cccnc4n3-c3ccccc3)CC2)c1. The van der Waals surface area contributed by atoms with Crippen LogP contribution in [0.1, 0.15) is 17.0 Å². The lowest BCUT2D eigenvalue weighted by molar-refractivity contribution is 0.177. The topological polar surface area (TPSA) is 71.3 Å². The lowest BCUT2D eigenvalue weighted by Gasteiger charge is -2.34. The second-order valence-corrected chi connectivity index (χ2v) is 10.4. The monoisotopic (exact) mass is 461 g/mol. The van der Waals surface area contributed by atoms with Crippen LogP contribution in [0.5, 0.6) is 0 Å². The van der Waals surface area contributed by atoms with E-state index >= 15 is 0 Å². The van der Waals surface area contributed by atoms with Gasteiger partial charge >= 0.3 is 0 Å². The van der Waals surface area contributed by atoms with Crippen molar-refractivity contribution in [2.45, 2.75) is 25.3 Å². The third-order valence-corrected chi connectivity index (χ3v) is 8.20. The summed E-state index contributed by atoms with van der Waals surface area (Å²) in [6.45, 7) is 6.61. The molecule has 5 rings (SSSR count). The molecule has 0 radical (unpaired) electrons. The number of sulfonamides is 1. The van der Waals surface area contributed by atoms with Crippen molar-refractivity contribution in [1.29, 1.82) is 0 Å². The van der Waals surface area contributed by atoms with Crippen LogP contribution in [-0.4, -0.2) is 58.3 Å². The lowest BCUT2D eigenvalue weighted by atomic mass is 10.2. The van der Waals surface area contributed by atoms with Gasteiger partial charge in [0.15, 0.2) is 5.65 Å². The third-order valence-electron chi connectivity index (χ3n) is 6.16. The molecule has 0 spiro atoms. The zero-order chi connectivity index (χ0) is 23.0. The molecule has 170 valence electrons. The van der Waals surface area contributed by atoms with Crippen LogP contribution in [0.3, 0.4) is 0 Å². The Morgan fingerprint density at radius 1 is 0.909 bits per heavy atom. The lowest BCUT2D eigenvalue weighted by Crippen LogP contribution is -2.48. The molecular formula is C25H27N5O2S. The average molecular weight is 462 g/mol. The molecule has 2 aromatic heterocycles. The normalized spacial score (nSPS) is 15.8. The Labute approximate surface area is 194 Å². The fraction of sp³-hybridized carbons (Fsp3) is 0.280. The molecule has 0 unspecified atom stereocenters. The molecule has 0 atom stereocenters. The van der Waals surface area contributed by atoms with Crippen LogP contribution in [-0.2, 0) is 16.6 Å². The molecule has 7 nitrogen and oxygen atoms in total. The van der Waals surface area contributed by atoms with Crippen LogP contribution in [0, 0.1) is 13.8 Å². The molecule has 1 aliphatic heterocycles. The van der Waals surface area contributed by atoms with Gasteiger partial charge in [-0.3, -0.25) is 9.47 Å². The van der Waals surface area contributed by atoms with Crippen molar-refractivity contribution >= 4 is 21.2 Å². The van der Waals surface area contributed by atoms with Crippen molar-refractivity contribution in [2.75, 3.05) is 26.2 Å². The minimum atomic E-state index is -3.51. The van der Waals surface area contributed by atoms with Crippen LogP contribution in [0.25, 0.3) is 16.9 Å². The Kier molecular flexibility index (Phi) is 5.74. The molecule has 0 bridgehead atoms. The van der Waals surface area contributed by atoms with E-state index < -0.39 is 10.0 Å². The molecular weight excluding hydrogens is 434 g/mol. The summed E-state index contributed by atoms with van der Waals surface area (Å²) in [4.78, 5) is 12.1. The van der Waals surface area contributed by atoms with Crippen molar-refractivity contribution in [3.05, 3.63) is 83.8 Å². The molecule has 2 aromatic carbocycles. The van der Waals surface area contributed by atoms with Crippen LogP contribution in [0.4, 0.5) is 0 Å². The Balaban J connectivity index is 1.37. The average Bonchev–Trinajstić information content (AvgIpc) is 3.19. The molecule has 0 aliphatic carbocycles. The van der Waals surface area contributed by atoms with Crippen molar-refractivity contribution in [3.63, 3.8) is 0 Å². The molecule has 1 aliphatic rings. The highest BCUT2D eigenvalue weighted by molar-refractivity contribution is 7.89. The van der Waals surface area contributed by atoms with Gasteiger partial charge in [0, 0.05) is 38.1 Å². The molecule has 0 N–H and O–H groups in total. The number of nitrogens with zero attached hydrogens (tertiary/aromatic N) is 5. The van der Waals surface area contributed by atoms with Gasteiger partial charge in [-0.15, -0.1) is 0 Å². The number of aromatic nitrogens is 3. The van der Waals surface area contributed by atoms with Crippen molar-refractivity contribution in [2.24, 2.45) is 0 Å². The maximum absolute atomic E-state index is 13.3. The van der Waals surface area contributed by atoms with E-state index in [1.807, 2.05) is 68.4 Å². The number of rotatable bonds is 5. The molecule has 0 saturated carbocycles. The van der Waals surface area contributed by atoms with Crippen molar-refractivity contribution in [3.8, 4) is 5.69 Å². The first-order valence-corrected chi connectivity index (χ1v) is 12.5. The first kappa shape index (κ1) is 21.8. The summed E-state index contributed by atoms with van der Waals surface area (Å²) in [5, 5.41) is 0. The van der Waals surface area contributed by atoms with E-state index in [0.29, 0.717) is 37.6 Å². The maximum Gasteiger partial charge on any atom is 0.243 e. The van der Waals surface area contributed by atoms with Crippen LogP contribution >= 0.6 is 0 Å². The highest BCUT2D eigenvalue weighted by atomic mass is 32.2. The fourth-order valence-corrected chi connectivity index (χ4v) is 6.10. The summed E-state index contributed by atoms with van der Waals surface area (Å²) >= 11 is 0. The number of para-hydroxylation sites is 1. The highest BCUT2D eigenvalue weighted by Gasteiger charge is 2.30. The van der Waals surface area contributed by atoms with Gasteiger partial charge in [0.25, 0.3) is 0 Å². The molecule has 1 fully saturated rings. The van der Waals surface area contributed by atoms with Gasteiger partial charge < -0.3 is 0 Å². The maximum atomic E-state index is 13.3. The first-order valence-electron chi connectivity index (χ1n) is 11.1. The summed E-state index contributed by atoms with van der Waals surface area (Å²) in [5.41, 5.74) is 4.44. The fourth-order valence-electron chi connectivity index (χ4n) is 4.37. The van der Waals surface area contributed by atoms with E-state index in [1.54, 1.807) is 16.6 Å². The van der Waals surface area contributed by atoms with Crippen LogP contribution in [0.15, 0.2) is 71.8 Å². The summed E-state index contributed by atoms with van der Waals surface area (Å²) < 4.78 is 30.2. The van der Waals surface area contributed by atoms with Gasteiger partial charge in [-0.25, -0.2) is 18.4 Å². The Hall–Kier alpha value is -3.07. The van der Waals surface area contributed by atoms with Crippen LogP contribution in [0.2, 0.25) is 0 Å². The number of hydrogen-bond acceptors (Lipinski definition) is 5. The van der Waals surface area contributed by atoms with E-state index in [0.717, 1.165) is 33.8 Å². The second-order valence-electron chi connectivity index (χ2n) is 8.49. The minimum absolute atomic E-state index is 0.410. The number of imidazole rings is 1. The Morgan fingerprint density at radius 3 is 2.42 bits per heavy atom. The Bertz CT molecular complexity index is 1390. The van der Waals surface area contributed by atoms with Gasteiger partial charge in [-0.05, 0) is 55.3 Å². The van der Waals surface area contributed by atoms with Crippen molar-refractivity contribution in [1.82, 2.24) is 23.7 Å². The highest BCUT2D eigenvalue weighted by Crippen LogP contribution is 2.24. The quantitative estimate of drug-likeness (QED) is 0.455. The zero-order valence-electron chi connectivity index (χ0n) is 18.8. The first-order chi connectivity index (χ1) is 15.9. The zero-order valence-corrected chi connectivity index (χ0v) is 19.7. The molecule has 1 saturated heterocycles. The van der Waals surface area contributed by atoms with E-state index in [1.165, 1.54) is 0 Å². The van der Waals surface area contributed by atoms with Gasteiger partial charge in [-0.2, -0.15) is 4.31 Å². The smallest absolute Gasteiger partial charge is 0.243 e. The summed E-state index contributed by atoms with van der Waals surface area (Å²) in [5.74, 6) is 0.903. The summed E-state index contributed by atoms with van der Waals surface area (Å²) in [7, 11) is -3.51. The predicted octanol–water partition coefficient (Wildman–Crippen LogP) is 3.54. The van der Waals surface area contributed by atoms with E-state index in [9.17, 15) is 8.42 Å². The molecule has 4 aromatic rings. The van der Waals surface area contributed by atoms with Gasteiger partial charge in [-0.1, -0.05) is 30.3 Å². The molecule has 8 heteroatoms. The predicted molar refractivity (Wildman–Crippen MR) is 129 cm³/mol. The Morgan fingerprint density at radius 2 is 1.67 bits per heavy atom. The van der Waals surface area contributed by atoms with Gasteiger partial charge in [0.1, 0.15) is 11.3 Å². The number of benzene rings is 2. The van der Waals surface area contributed by atoms with E-state index in [4.69, 9.17) is 4.98 Å². The second kappa shape index (κ2) is 8.70. The summed E-state index contributed by atoms with van der Waals surface area (Å²) in [6, 6.07) is 19.6. The standard InChI is InChI=1S/C25H27N5O2S/c1-19-10-11-20(2)23(17-19)33(31,32)29-15-13-28(14-16-29)18-24-27-22-9-6-12-26-25(22)30(24)21-7-4-3-5-8-21/h3-12,17H,13-16,18H2,1-2H3. The van der Waals surface area contributed by atoms with Gasteiger partial charge in [0.2, 0.25) is 10.0 Å². The van der Waals surface area contributed by atoms with Gasteiger partial charge in [0.05, 0.1) is 11.4 Å². The number of fused-ring (bicyclic) bond motifs is 1. The minimum Gasteiger partial charge on any atom is -0.293 e. The third kappa shape index (κ3) is 4.17. The molecule has 3 heterocycles. The number of aryl methyl sites for hydroxylation is 2. The molecule has 0 amide bonds. The molecule has 33 heavy (non-hydrogen) atoms. The number of hydrogen-bond donors (Lipinski definition) is 0. The number of pyridine rings is 1.